The van der Waals surface area contributed by atoms with Gasteiger partial charge in [-0.1, -0.05) is 54.6 Å². The Labute approximate surface area is 104 Å². The zero-order valence-corrected chi connectivity index (χ0v) is 9.72. The van der Waals surface area contributed by atoms with Crippen LogP contribution >= 0.6 is 11.6 Å². The molecule has 17 heavy (non-hydrogen) atoms. The first-order valence-corrected chi connectivity index (χ1v) is 5.63. The highest BCUT2D eigenvalue weighted by Crippen LogP contribution is 2.30. The highest BCUT2D eigenvalue weighted by Gasteiger charge is 2.14. The third-order valence-corrected chi connectivity index (χ3v) is 3.03. The van der Waals surface area contributed by atoms with Crippen LogP contribution in [0.1, 0.15) is 26.9 Å². The third-order valence-electron chi connectivity index (χ3n) is 2.55. The number of halogens is 1. The molecule has 0 amide bonds. The first kappa shape index (κ1) is 11.7. The summed E-state index contributed by atoms with van der Waals surface area (Å²) < 4.78 is 0. The number of hydrogen-bond donors (Lipinski definition) is 0. The van der Waals surface area contributed by atoms with E-state index in [1.54, 1.807) is 18.2 Å². The number of carboxylic acid groups (broad SMARTS) is 1. The van der Waals surface area contributed by atoms with Gasteiger partial charge in [0.1, 0.15) is 0 Å². The summed E-state index contributed by atoms with van der Waals surface area (Å²) in [6.45, 7) is 0. The number of carbonyl (C=O) groups excluding carboxylic acids is 1. The van der Waals surface area contributed by atoms with E-state index in [2.05, 4.69) is 0 Å². The first-order valence-electron chi connectivity index (χ1n) is 5.19. The van der Waals surface area contributed by atoms with Gasteiger partial charge in [0.25, 0.3) is 0 Å². The van der Waals surface area contributed by atoms with E-state index in [1.165, 1.54) is 6.07 Å². The lowest BCUT2D eigenvalue weighted by Gasteiger charge is -2.15. The molecule has 2 rings (SSSR count). The summed E-state index contributed by atoms with van der Waals surface area (Å²) in [6, 6.07) is 16.0. The molecule has 2 aromatic rings. The van der Waals surface area contributed by atoms with E-state index < -0.39 is 11.3 Å². The van der Waals surface area contributed by atoms with Gasteiger partial charge in [0, 0.05) is 5.56 Å². The molecule has 0 heterocycles. The van der Waals surface area contributed by atoms with Crippen LogP contribution in [0.2, 0.25) is 0 Å². The minimum absolute atomic E-state index is 0.136. The molecule has 1 atom stereocenters. The van der Waals surface area contributed by atoms with Crippen molar-refractivity contribution in [1.82, 2.24) is 0 Å². The number of carbonyl (C=O) groups is 1. The molecule has 0 bridgehead atoms. The fourth-order valence-electron chi connectivity index (χ4n) is 1.71. The fourth-order valence-corrected chi connectivity index (χ4v) is 2.04. The maximum Gasteiger partial charge on any atom is 0.0841 e. The topological polar surface area (TPSA) is 40.1 Å². The van der Waals surface area contributed by atoms with Crippen molar-refractivity contribution in [3.8, 4) is 0 Å². The van der Waals surface area contributed by atoms with Crippen LogP contribution < -0.4 is 5.11 Å². The lowest BCUT2D eigenvalue weighted by Crippen LogP contribution is -2.24. The maximum absolute atomic E-state index is 11.0. The van der Waals surface area contributed by atoms with Crippen LogP contribution in [-0.4, -0.2) is 5.97 Å². The van der Waals surface area contributed by atoms with Crippen molar-refractivity contribution in [2.75, 3.05) is 0 Å². The average molecular weight is 246 g/mol. The Morgan fingerprint density at radius 2 is 1.59 bits per heavy atom. The molecule has 86 valence electrons. The number of aromatic carboxylic acids is 1. The molecule has 0 aromatic heterocycles. The average Bonchev–Trinajstić information content (AvgIpc) is 2.39. The normalized spacial score (nSPS) is 12.1. The second-order valence-electron chi connectivity index (χ2n) is 3.65. The quantitative estimate of drug-likeness (QED) is 0.779. The van der Waals surface area contributed by atoms with Crippen LogP contribution in [0, 0.1) is 0 Å². The zero-order chi connectivity index (χ0) is 12.3. The van der Waals surface area contributed by atoms with Crippen molar-refractivity contribution < 1.29 is 9.90 Å². The summed E-state index contributed by atoms with van der Waals surface area (Å²) in [6.07, 6.45) is 0. The summed E-state index contributed by atoms with van der Waals surface area (Å²) in [5, 5.41) is 10.5. The highest BCUT2D eigenvalue weighted by molar-refractivity contribution is 6.23. The molecule has 0 aliphatic carbocycles. The minimum Gasteiger partial charge on any atom is -0.545 e. The molecule has 0 saturated carbocycles. The molecule has 0 N–H and O–H groups in total. The molecular weight excluding hydrogens is 236 g/mol. The molecule has 2 aromatic carbocycles. The highest BCUT2D eigenvalue weighted by atomic mass is 35.5. The van der Waals surface area contributed by atoms with E-state index in [-0.39, 0.29) is 5.56 Å². The third kappa shape index (κ3) is 2.48. The van der Waals surface area contributed by atoms with Crippen molar-refractivity contribution >= 4 is 17.6 Å². The van der Waals surface area contributed by atoms with Crippen molar-refractivity contribution in [2.45, 2.75) is 5.38 Å². The van der Waals surface area contributed by atoms with Gasteiger partial charge in [0.05, 0.1) is 11.3 Å². The lowest BCUT2D eigenvalue weighted by atomic mass is 9.99. The van der Waals surface area contributed by atoms with Gasteiger partial charge in [-0.15, -0.1) is 11.6 Å². The van der Waals surface area contributed by atoms with Crippen molar-refractivity contribution in [1.29, 1.82) is 0 Å². The Kier molecular flexibility index (Phi) is 3.45. The van der Waals surface area contributed by atoms with Crippen molar-refractivity contribution in [3.63, 3.8) is 0 Å². The van der Waals surface area contributed by atoms with Gasteiger partial charge in [-0.2, -0.15) is 0 Å². The summed E-state index contributed by atoms with van der Waals surface area (Å²) in [5.41, 5.74) is 1.56. The Bertz CT molecular complexity index is 523. The number of hydrogen-bond acceptors (Lipinski definition) is 2. The van der Waals surface area contributed by atoms with Gasteiger partial charge in [-0.05, 0) is 11.1 Å². The SMILES string of the molecule is O=C([O-])c1ccccc1C(Cl)c1ccccc1. The van der Waals surface area contributed by atoms with Gasteiger partial charge < -0.3 is 9.90 Å². The van der Waals surface area contributed by atoms with Crippen LogP contribution in [0.5, 0.6) is 0 Å². The predicted molar refractivity (Wildman–Crippen MR) is 64.9 cm³/mol. The van der Waals surface area contributed by atoms with E-state index in [4.69, 9.17) is 11.6 Å². The van der Waals surface area contributed by atoms with Gasteiger partial charge >= 0.3 is 0 Å². The Balaban J connectivity index is 2.44. The predicted octanol–water partition coefficient (Wildman–Crippen LogP) is 2.38. The monoisotopic (exact) mass is 245 g/mol. The minimum atomic E-state index is -1.21. The lowest BCUT2D eigenvalue weighted by molar-refractivity contribution is -0.255. The molecule has 3 heteroatoms. The fraction of sp³-hybridized carbons (Fsp3) is 0.0714. The molecule has 1 unspecified atom stereocenters. The number of rotatable bonds is 3. The van der Waals surface area contributed by atoms with Crippen LogP contribution in [0.15, 0.2) is 54.6 Å². The molecule has 0 radical (unpaired) electrons. The van der Waals surface area contributed by atoms with Gasteiger partial charge in [-0.25, -0.2) is 0 Å². The first-order chi connectivity index (χ1) is 8.20. The van der Waals surface area contributed by atoms with Crippen molar-refractivity contribution in [3.05, 3.63) is 71.3 Å². The number of carboxylic acids is 1. The van der Waals surface area contributed by atoms with Crippen LogP contribution in [-0.2, 0) is 0 Å². The Morgan fingerprint density at radius 1 is 1.00 bits per heavy atom. The van der Waals surface area contributed by atoms with Gasteiger partial charge in [0.2, 0.25) is 0 Å². The second kappa shape index (κ2) is 5.02. The molecule has 0 fully saturated rings. The summed E-state index contributed by atoms with van der Waals surface area (Å²) in [5.74, 6) is -1.21. The standard InChI is InChI=1S/C14H11ClO2/c15-13(10-6-2-1-3-7-10)11-8-4-5-9-12(11)14(16)17/h1-9,13H,(H,16,17)/p-1. The van der Waals surface area contributed by atoms with Gasteiger partial charge in [-0.3, -0.25) is 0 Å². The Morgan fingerprint density at radius 3 is 2.24 bits per heavy atom. The van der Waals surface area contributed by atoms with Gasteiger partial charge in [0.15, 0.2) is 0 Å². The molecule has 0 aliphatic heterocycles. The van der Waals surface area contributed by atoms with E-state index in [9.17, 15) is 9.90 Å². The summed E-state index contributed by atoms with van der Waals surface area (Å²) >= 11 is 6.29. The van der Waals surface area contributed by atoms with Crippen LogP contribution in [0.3, 0.4) is 0 Å². The largest absolute Gasteiger partial charge is 0.545 e. The van der Waals surface area contributed by atoms with E-state index in [0.29, 0.717) is 5.56 Å². The Hall–Kier alpha value is -1.80. The van der Waals surface area contributed by atoms with E-state index in [1.807, 2.05) is 30.3 Å². The van der Waals surface area contributed by atoms with E-state index in [0.717, 1.165) is 5.56 Å². The van der Waals surface area contributed by atoms with Crippen LogP contribution in [0.4, 0.5) is 0 Å². The number of alkyl halides is 1. The van der Waals surface area contributed by atoms with Crippen LogP contribution in [0.25, 0.3) is 0 Å². The number of benzene rings is 2. The zero-order valence-electron chi connectivity index (χ0n) is 8.97. The van der Waals surface area contributed by atoms with E-state index >= 15 is 0 Å². The maximum atomic E-state index is 11.0. The summed E-state index contributed by atoms with van der Waals surface area (Å²) in [7, 11) is 0. The molecule has 0 spiro atoms. The molecular formula is C14H10ClO2-. The smallest absolute Gasteiger partial charge is 0.0841 e. The summed E-state index contributed by atoms with van der Waals surface area (Å²) in [4.78, 5) is 11.0. The van der Waals surface area contributed by atoms with Crippen molar-refractivity contribution in [2.24, 2.45) is 0 Å². The molecule has 0 aliphatic rings. The molecule has 0 saturated heterocycles. The molecule has 2 nitrogen and oxygen atoms in total. The second-order valence-corrected chi connectivity index (χ2v) is 4.08.